The van der Waals surface area contributed by atoms with Crippen LogP contribution in [-0.2, 0) is 4.79 Å². The zero-order valence-electron chi connectivity index (χ0n) is 17.9. The molecule has 32 heavy (non-hydrogen) atoms. The molecule has 2 N–H and O–H groups in total. The fourth-order valence-corrected chi connectivity index (χ4v) is 4.45. The molecule has 1 saturated heterocycles. The molecule has 0 radical (unpaired) electrons. The molecule has 3 heterocycles. The maximum atomic E-state index is 12.8. The summed E-state index contributed by atoms with van der Waals surface area (Å²) in [6.07, 6.45) is 5.59. The van der Waals surface area contributed by atoms with Crippen LogP contribution in [0.15, 0.2) is 65.3 Å². The number of carbonyl (C=O) groups excluding carboxylic acids is 2. The van der Waals surface area contributed by atoms with Crippen LogP contribution < -0.4 is 10.6 Å². The van der Waals surface area contributed by atoms with Crippen molar-refractivity contribution >= 4 is 29.2 Å². The fraction of sp³-hybridized carbons (Fsp3) is 0.231. The summed E-state index contributed by atoms with van der Waals surface area (Å²) in [7, 11) is 0. The lowest BCUT2D eigenvalue weighted by Gasteiger charge is -2.23. The van der Waals surface area contributed by atoms with E-state index in [-0.39, 0.29) is 18.0 Å². The topological polar surface area (TPSA) is 74.6 Å². The molecule has 1 unspecified atom stereocenters. The quantitative estimate of drug-likeness (QED) is 0.583. The van der Waals surface area contributed by atoms with Crippen LogP contribution >= 0.6 is 0 Å². The molecule has 5 rings (SSSR count). The highest BCUT2D eigenvalue weighted by molar-refractivity contribution is 6.34. The average Bonchev–Trinajstić information content (AvgIpc) is 3.53. The number of rotatable bonds is 5. The minimum Gasteiger partial charge on any atom is -0.464 e. The Morgan fingerprint density at radius 1 is 1.19 bits per heavy atom. The first kappa shape index (κ1) is 20.3. The second-order valence-corrected chi connectivity index (χ2v) is 8.14. The Labute approximate surface area is 186 Å². The molecule has 3 aromatic rings. The van der Waals surface area contributed by atoms with Gasteiger partial charge in [0.05, 0.1) is 18.0 Å². The number of para-hydroxylation sites is 1. The van der Waals surface area contributed by atoms with Gasteiger partial charge in [-0.1, -0.05) is 37.3 Å². The SMILES string of the molecule is CCN1CCCC1NC(=O)c1cccc(-c2coc(/C=C3/C(=O)Nc4ccccc43)c2)c1. The number of hydrogen-bond acceptors (Lipinski definition) is 4. The van der Waals surface area contributed by atoms with Gasteiger partial charge < -0.3 is 15.1 Å². The molecule has 1 fully saturated rings. The molecule has 2 aliphatic rings. The Balaban J connectivity index is 1.36. The van der Waals surface area contributed by atoms with Gasteiger partial charge in [-0.25, -0.2) is 0 Å². The van der Waals surface area contributed by atoms with Gasteiger partial charge in [0.2, 0.25) is 0 Å². The Kier molecular flexibility index (Phi) is 5.37. The Bertz CT molecular complexity index is 1210. The molecule has 6 heteroatoms. The standard InChI is InChI=1S/C26H25N3O3/c1-2-29-12-6-11-24(29)28-25(30)18-8-5-7-17(13-18)19-14-20(32-16-19)15-22-21-9-3-4-10-23(21)27-26(22)31/h3-5,7-10,13-16,24H,2,6,11-12H2,1H3,(H,27,31)(H,28,30)/b22-15+. The molecule has 0 aliphatic carbocycles. The van der Waals surface area contributed by atoms with Crippen molar-refractivity contribution < 1.29 is 14.0 Å². The zero-order valence-corrected chi connectivity index (χ0v) is 17.9. The average molecular weight is 428 g/mol. The second-order valence-electron chi connectivity index (χ2n) is 8.14. The van der Waals surface area contributed by atoms with Gasteiger partial charge in [-0.3, -0.25) is 14.5 Å². The molecule has 2 aromatic carbocycles. The Morgan fingerprint density at radius 3 is 2.94 bits per heavy atom. The highest BCUT2D eigenvalue weighted by Gasteiger charge is 2.25. The van der Waals surface area contributed by atoms with E-state index < -0.39 is 0 Å². The highest BCUT2D eigenvalue weighted by Crippen LogP contribution is 2.33. The first-order valence-corrected chi connectivity index (χ1v) is 11.0. The van der Waals surface area contributed by atoms with Crippen molar-refractivity contribution in [2.45, 2.75) is 25.9 Å². The third-order valence-corrected chi connectivity index (χ3v) is 6.14. The summed E-state index contributed by atoms with van der Waals surface area (Å²) in [5, 5.41) is 6.02. The lowest BCUT2D eigenvalue weighted by Crippen LogP contribution is -2.44. The molecule has 0 spiro atoms. The monoisotopic (exact) mass is 427 g/mol. The number of benzene rings is 2. The molecule has 0 bridgehead atoms. The minimum atomic E-state index is -0.143. The maximum absolute atomic E-state index is 12.8. The van der Waals surface area contributed by atoms with Crippen LogP contribution in [0.5, 0.6) is 0 Å². The summed E-state index contributed by atoms with van der Waals surface area (Å²) in [4.78, 5) is 27.5. The van der Waals surface area contributed by atoms with Crippen molar-refractivity contribution in [3.63, 3.8) is 0 Å². The van der Waals surface area contributed by atoms with Gasteiger partial charge in [-0.05, 0) is 55.3 Å². The van der Waals surface area contributed by atoms with Gasteiger partial charge in [0.1, 0.15) is 5.76 Å². The van der Waals surface area contributed by atoms with E-state index in [1.54, 1.807) is 12.3 Å². The zero-order chi connectivity index (χ0) is 22.1. The molecule has 2 amide bonds. The smallest absolute Gasteiger partial charge is 0.256 e. The fourth-order valence-electron chi connectivity index (χ4n) is 4.45. The van der Waals surface area contributed by atoms with Gasteiger partial charge in [0, 0.05) is 28.9 Å². The first-order chi connectivity index (χ1) is 15.6. The molecule has 1 atom stereocenters. The summed E-state index contributed by atoms with van der Waals surface area (Å²) >= 11 is 0. The van der Waals surface area contributed by atoms with Crippen molar-refractivity contribution in [2.24, 2.45) is 0 Å². The number of carbonyl (C=O) groups is 2. The lowest BCUT2D eigenvalue weighted by atomic mass is 10.0. The number of likely N-dealkylation sites (tertiary alicyclic amines) is 1. The van der Waals surface area contributed by atoms with Gasteiger partial charge in [-0.15, -0.1) is 0 Å². The molecule has 1 aromatic heterocycles. The predicted octanol–water partition coefficient (Wildman–Crippen LogP) is 4.61. The van der Waals surface area contributed by atoms with E-state index in [2.05, 4.69) is 22.5 Å². The third kappa shape index (κ3) is 3.85. The molecule has 0 saturated carbocycles. The van der Waals surface area contributed by atoms with Gasteiger partial charge >= 0.3 is 0 Å². The van der Waals surface area contributed by atoms with Crippen molar-refractivity contribution in [3.8, 4) is 11.1 Å². The normalized spacial score (nSPS) is 19.2. The first-order valence-electron chi connectivity index (χ1n) is 11.0. The Hall–Kier alpha value is -3.64. The number of fused-ring (bicyclic) bond motifs is 1. The van der Waals surface area contributed by atoms with E-state index in [0.29, 0.717) is 16.9 Å². The molecule has 2 aliphatic heterocycles. The summed E-state index contributed by atoms with van der Waals surface area (Å²) < 4.78 is 5.72. The van der Waals surface area contributed by atoms with Crippen LogP contribution in [0.25, 0.3) is 22.8 Å². The number of hydrogen-bond donors (Lipinski definition) is 2. The number of anilines is 1. The summed E-state index contributed by atoms with van der Waals surface area (Å²) in [6.45, 7) is 4.07. The van der Waals surface area contributed by atoms with Gasteiger partial charge in [0.25, 0.3) is 11.8 Å². The van der Waals surface area contributed by atoms with E-state index in [1.165, 1.54) is 0 Å². The third-order valence-electron chi connectivity index (χ3n) is 6.14. The number of nitrogens with one attached hydrogen (secondary N) is 2. The van der Waals surface area contributed by atoms with E-state index in [0.717, 1.165) is 48.3 Å². The van der Waals surface area contributed by atoms with Gasteiger partial charge in [0.15, 0.2) is 0 Å². The lowest BCUT2D eigenvalue weighted by molar-refractivity contribution is -0.110. The van der Waals surface area contributed by atoms with Gasteiger partial charge in [-0.2, -0.15) is 0 Å². The van der Waals surface area contributed by atoms with Crippen molar-refractivity contribution in [3.05, 3.63) is 77.7 Å². The summed E-state index contributed by atoms with van der Waals surface area (Å²) in [5.74, 6) is 0.374. The number of nitrogens with zero attached hydrogens (tertiary/aromatic N) is 1. The maximum Gasteiger partial charge on any atom is 0.256 e. The highest BCUT2D eigenvalue weighted by atomic mass is 16.3. The number of furan rings is 1. The summed E-state index contributed by atoms with van der Waals surface area (Å²) in [5.41, 5.74) is 4.61. The summed E-state index contributed by atoms with van der Waals surface area (Å²) in [6, 6.07) is 17.0. The second kappa shape index (κ2) is 8.48. The largest absolute Gasteiger partial charge is 0.464 e. The van der Waals surface area contributed by atoms with Crippen molar-refractivity contribution in [1.29, 1.82) is 0 Å². The number of amides is 2. The predicted molar refractivity (Wildman–Crippen MR) is 125 cm³/mol. The van der Waals surface area contributed by atoms with E-state index >= 15 is 0 Å². The molecule has 6 nitrogen and oxygen atoms in total. The van der Waals surface area contributed by atoms with E-state index in [9.17, 15) is 9.59 Å². The van der Waals surface area contributed by atoms with Crippen LogP contribution in [0, 0.1) is 0 Å². The molecular weight excluding hydrogens is 402 g/mol. The van der Waals surface area contributed by atoms with Crippen LogP contribution in [0.3, 0.4) is 0 Å². The Morgan fingerprint density at radius 2 is 2.06 bits per heavy atom. The molecule has 162 valence electrons. The molecular formula is C26H25N3O3. The van der Waals surface area contributed by atoms with Crippen LogP contribution in [0.1, 0.15) is 41.4 Å². The van der Waals surface area contributed by atoms with Crippen molar-refractivity contribution in [1.82, 2.24) is 10.2 Å². The van der Waals surface area contributed by atoms with Crippen LogP contribution in [0.4, 0.5) is 5.69 Å². The van der Waals surface area contributed by atoms with Crippen molar-refractivity contribution in [2.75, 3.05) is 18.4 Å². The van der Waals surface area contributed by atoms with Crippen LogP contribution in [-0.4, -0.2) is 36.0 Å². The minimum absolute atomic E-state index is 0.0673. The van der Waals surface area contributed by atoms with E-state index in [4.69, 9.17) is 4.42 Å². The van der Waals surface area contributed by atoms with E-state index in [1.807, 2.05) is 54.6 Å². The van der Waals surface area contributed by atoms with Crippen LogP contribution in [0.2, 0.25) is 0 Å².